The van der Waals surface area contributed by atoms with Gasteiger partial charge in [0, 0.05) is 11.1 Å². The van der Waals surface area contributed by atoms with Crippen LogP contribution in [0, 0.1) is 0 Å². The van der Waals surface area contributed by atoms with E-state index >= 15 is 0 Å². The SMILES string of the molecule is CC(C)Oc1ccc(-c2noc(-c3ccc(S(=O)(=O)NCC=O)cc3)n2)cc1Cl. The van der Waals surface area contributed by atoms with Gasteiger partial charge >= 0.3 is 0 Å². The molecular weight excluding hydrogens is 418 g/mol. The zero-order valence-electron chi connectivity index (χ0n) is 15.6. The average molecular weight is 436 g/mol. The molecule has 1 heterocycles. The monoisotopic (exact) mass is 435 g/mol. The number of hydrogen-bond donors (Lipinski definition) is 1. The normalized spacial score (nSPS) is 11.6. The number of halogens is 1. The van der Waals surface area contributed by atoms with Gasteiger partial charge in [0.05, 0.1) is 22.6 Å². The molecule has 3 aromatic rings. The third kappa shape index (κ3) is 5.00. The smallest absolute Gasteiger partial charge is 0.258 e. The summed E-state index contributed by atoms with van der Waals surface area (Å²) in [6, 6.07) is 11.1. The van der Waals surface area contributed by atoms with E-state index in [2.05, 4.69) is 14.9 Å². The second kappa shape index (κ2) is 8.73. The number of carbonyl (C=O) groups excluding carboxylic acids is 1. The van der Waals surface area contributed by atoms with Gasteiger partial charge in [-0.25, -0.2) is 13.1 Å². The highest BCUT2D eigenvalue weighted by Gasteiger charge is 2.16. The van der Waals surface area contributed by atoms with Gasteiger partial charge in [-0.05, 0) is 56.3 Å². The van der Waals surface area contributed by atoms with E-state index in [0.717, 1.165) is 0 Å². The fraction of sp³-hybridized carbons (Fsp3) is 0.211. The van der Waals surface area contributed by atoms with E-state index in [9.17, 15) is 13.2 Å². The molecule has 0 aliphatic heterocycles. The summed E-state index contributed by atoms with van der Waals surface area (Å²) in [6.07, 6.45) is 0.468. The molecule has 0 unspecified atom stereocenters. The minimum atomic E-state index is -3.75. The third-order valence-electron chi connectivity index (χ3n) is 3.75. The lowest BCUT2D eigenvalue weighted by atomic mass is 10.2. The van der Waals surface area contributed by atoms with E-state index in [-0.39, 0.29) is 23.4 Å². The fourth-order valence-corrected chi connectivity index (χ4v) is 3.62. The number of sulfonamides is 1. The quantitative estimate of drug-likeness (QED) is 0.540. The van der Waals surface area contributed by atoms with Crippen molar-refractivity contribution in [2.45, 2.75) is 24.8 Å². The number of hydrogen-bond acceptors (Lipinski definition) is 7. The lowest BCUT2D eigenvalue weighted by Crippen LogP contribution is -2.25. The van der Waals surface area contributed by atoms with Crippen LogP contribution in [-0.4, -0.2) is 37.5 Å². The van der Waals surface area contributed by atoms with Gasteiger partial charge in [0.25, 0.3) is 5.89 Å². The van der Waals surface area contributed by atoms with Crippen LogP contribution in [0.2, 0.25) is 5.02 Å². The Labute approximate surface area is 172 Å². The number of rotatable bonds is 8. The Morgan fingerprint density at radius 2 is 1.86 bits per heavy atom. The number of ether oxygens (including phenoxy) is 1. The Hall–Kier alpha value is -2.75. The topological polar surface area (TPSA) is 111 Å². The number of nitrogens with zero attached hydrogens (tertiary/aromatic N) is 2. The molecule has 29 heavy (non-hydrogen) atoms. The van der Waals surface area contributed by atoms with Crippen LogP contribution in [0.25, 0.3) is 22.8 Å². The Morgan fingerprint density at radius 3 is 2.48 bits per heavy atom. The largest absolute Gasteiger partial charge is 0.489 e. The molecule has 0 saturated heterocycles. The van der Waals surface area contributed by atoms with Crippen LogP contribution < -0.4 is 9.46 Å². The van der Waals surface area contributed by atoms with E-state index in [4.69, 9.17) is 20.9 Å². The first kappa shape index (κ1) is 21.0. The summed E-state index contributed by atoms with van der Waals surface area (Å²) in [5.74, 6) is 1.12. The van der Waals surface area contributed by atoms with Gasteiger partial charge in [-0.15, -0.1) is 0 Å². The van der Waals surface area contributed by atoms with Crippen LogP contribution in [0.1, 0.15) is 13.8 Å². The van der Waals surface area contributed by atoms with Crippen molar-refractivity contribution in [3.05, 3.63) is 47.5 Å². The van der Waals surface area contributed by atoms with Crippen LogP contribution in [0.3, 0.4) is 0 Å². The summed E-state index contributed by atoms with van der Waals surface area (Å²) >= 11 is 6.25. The maximum absolute atomic E-state index is 12.0. The Balaban J connectivity index is 1.81. The predicted molar refractivity (Wildman–Crippen MR) is 107 cm³/mol. The first-order valence-electron chi connectivity index (χ1n) is 8.64. The summed E-state index contributed by atoms with van der Waals surface area (Å²) in [7, 11) is -3.75. The van der Waals surface area contributed by atoms with Crippen molar-refractivity contribution in [1.29, 1.82) is 0 Å². The number of aldehydes is 1. The first-order valence-corrected chi connectivity index (χ1v) is 10.5. The second-order valence-electron chi connectivity index (χ2n) is 6.28. The molecule has 3 rings (SSSR count). The minimum absolute atomic E-state index is 0.00412. The molecule has 1 N–H and O–H groups in total. The number of carbonyl (C=O) groups is 1. The zero-order chi connectivity index (χ0) is 21.0. The van der Waals surface area contributed by atoms with Crippen molar-refractivity contribution in [3.8, 4) is 28.6 Å². The third-order valence-corrected chi connectivity index (χ3v) is 5.48. The highest BCUT2D eigenvalue weighted by molar-refractivity contribution is 7.89. The van der Waals surface area contributed by atoms with Gasteiger partial charge in [-0.1, -0.05) is 16.8 Å². The van der Waals surface area contributed by atoms with Crippen molar-refractivity contribution in [2.24, 2.45) is 0 Å². The molecule has 1 aromatic heterocycles. The molecule has 0 saturated carbocycles. The second-order valence-corrected chi connectivity index (χ2v) is 8.45. The molecule has 0 amide bonds. The van der Waals surface area contributed by atoms with Gasteiger partial charge in [0.2, 0.25) is 15.8 Å². The summed E-state index contributed by atoms with van der Waals surface area (Å²) in [4.78, 5) is 14.7. The lowest BCUT2D eigenvalue weighted by molar-refractivity contribution is -0.106. The van der Waals surface area contributed by atoms with Crippen molar-refractivity contribution in [1.82, 2.24) is 14.9 Å². The molecule has 0 radical (unpaired) electrons. The van der Waals surface area contributed by atoms with E-state index in [0.29, 0.717) is 34.0 Å². The maximum atomic E-state index is 12.0. The summed E-state index contributed by atoms with van der Waals surface area (Å²) in [5.41, 5.74) is 1.20. The molecule has 0 aliphatic rings. The van der Waals surface area contributed by atoms with E-state index in [1.54, 1.807) is 30.3 Å². The summed E-state index contributed by atoms with van der Waals surface area (Å²) < 4.78 is 37.1. The van der Waals surface area contributed by atoms with Gasteiger partial charge in [-0.3, -0.25) is 0 Å². The Kier molecular flexibility index (Phi) is 6.31. The molecule has 0 aliphatic carbocycles. The first-order chi connectivity index (χ1) is 13.8. The molecule has 0 atom stereocenters. The molecular formula is C19H18ClN3O5S. The summed E-state index contributed by atoms with van der Waals surface area (Å²) in [5, 5.41) is 4.38. The van der Waals surface area contributed by atoms with Crippen molar-refractivity contribution >= 4 is 27.9 Å². The highest BCUT2D eigenvalue weighted by atomic mass is 35.5. The molecule has 0 fully saturated rings. The molecule has 0 spiro atoms. The molecule has 0 bridgehead atoms. The fourth-order valence-electron chi connectivity index (χ4n) is 2.45. The number of aromatic nitrogens is 2. The Morgan fingerprint density at radius 1 is 1.17 bits per heavy atom. The van der Waals surface area contributed by atoms with Crippen molar-refractivity contribution in [3.63, 3.8) is 0 Å². The highest BCUT2D eigenvalue weighted by Crippen LogP contribution is 2.31. The average Bonchev–Trinajstić information content (AvgIpc) is 3.18. The molecule has 152 valence electrons. The van der Waals surface area contributed by atoms with Crippen LogP contribution in [0.5, 0.6) is 5.75 Å². The van der Waals surface area contributed by atoms with E-state index in [1.165, 1.54) is 12.1 Å². The Bertz CT molecular complexity index is 1110. The zero-order valence-corrected chi connectivity index (χ0v) is 17.2. The van der Waals surface area contributed by atoms with Crippen LogP contribution in [0.4, 0.5) is 0 Å². The van der Waals surface area contributed by atoms with E-state index in [1.807, 2.05) is 13.8 Å². The van der Waals surface area contributed by atoms with Gasteiger partial charge in [-0.2, -0.15) is 4.98 Å². The van der Waals surface area contributed by atoms with E-state index < -0.39 is 10.0 Å². The van der Waals surface area contributed by atoms with Crippen molar-refractivity contribution in [2.75, 3.05) is 6.54 Å². The molecule has 2 aromatic carbocycles. The number of benzene rings is 2. The number of nitrogens with one attached hydrogen (secondary N) is 1. The minimum Gasteiger partial charge on any atom is -0.489 e. The van der Waals surface area contributed by atoms with Gasteiger partial charge in [0.1, 0.15) is 12.0 Å². The standard InChI is InChI=1S/C19H18ClN3O5S/c1-12(2)27-17-8-5-14(11-16(17)20)18-22-19(28-23-18)13-3-6-15(7-4-13)29(25,26)21-9-10-24/h3-8,10-12,21H,9H2,1-2H3. The molecule has 8 nitrogen and oxygen atoms in total. The van der Waals surface area contributed by atoms with Crippen LogP contribution in [0.15, 0.2) is 51.9 Å². The van der Waals surface area contributed by atoms with Gasteiger partial charge < -0.3 is 14.1 Å². The predicted octanol–water partition coefficient (Wildman–Crippen LogP) is 3.32. The van der Waals surface area contributed by atoms with Gasteiger partial charge in [0.15, 0.2) is 0 Å². The van der Waals surface area contributed by atoms with Crippen molar-refractivity contribution < 1.29 is 22.5 Å². The lowest BCUT2D eigenvalue weighted by Gasteiger charge is -2.11. The molecule has 10 heteroatoms. The maximum Gasteiger partial charge on any atom is 0.258 e. The van der Waals surface area contributed by atoms with Crippen LogP contribution >= 0.6 is 11.6 Å². The summed E-state index contributed by atoms with van der Waals surface area (Å²) in [6.45, 7) is 3.52. The van der Waals surface area contributed by atoms with Crippen LogP contribution in [-0.2, 0) is 14.8 Å².